The van der Waals surface area contributed by atoms with Crippen molar-refractivity contribution >= 4 is 28.8 Å². The second kappa shape index (κ2) is 7.87. The number of carbonyl (C=O) groups is 2. The van der Waals surface area contributed by atoms with Crippen LogP contribution in [-0.4, -0.2) is 23.3 Å². The van der Waals surface area contributed by atoms with Gasteiger partial charge in [-0.05, 0) is 50.3 Å². The first kappa shape index (κ1) is 17.1. The molecule has 2 N–H and O–H groups in total. The molecule has 0 aliphatic carbocycles. The molecule has 2 rings (SSSR count). The van der Waals surface area contributed by atoms with Crippen LogP contribution in [0.1, 0.15) is 40.2 Å². The summed E-state index contributed by atoms with van der Waals surface area (Å²) in [5.41, 5.74) is 4.21. The highest BCUT2D eigenvalue weighted by Crippen LogP contribution is 2.19. The predicted octanol–water partition coefficient (Wildman–Crippen LogP) is 3.22. The van der Waals surface area contributed by atoms with E-state index in [4.69, 9.17) is 0 Å². The summed E-state index contributed by atoms with van der Waals surface area (Å²) < 4.78 is 0. The molecule has 0 aromatic carbocycles. The standard InChI is InChI=1S/C17H21N3O2S/c1-11-9-12(2)19-13(3)16(11)20-15(21)5-4-7-18-17(22)14-6-8-23-10-14/h6,8-10H,4-5,7H2,1-3H3,(H,18,22)(H,20,21). The van der Waals surface area contributed by atoms with Crippen LogP contribution >= 0.6 is 11.3 Å². The van der Waals surface area contributed by atoms with Crippen LogP contribution in [0.2, 0.25) is 0 Å². The van der Waals surface area contributed by atoms with E-state index < -0.39 is 0 Å². The van der Waals surface area contributed by atoms with Gasteiger partial charge in [0.25, 0.3) is 5.91 Å². The highest BCUT2D eigenvalue weighted by Gasteiger charge is 2.10. The van der Waals surface area contributed by atoms with Crippen molar-refractivity contribution < 1.29 is 9.59 Å². The lowest BCUT2D eigenvalue weighted by molar-refractivity contribution is -0.116. The largest absolute Gasteiger partial charge is 0.352 e. The summed E-state index contributed by atoms with van der Waals surface area (Å²) in [6.45, 7) is 6.25. The third kappa shape index (κ3) is 4.89. The molecule has 0 atom stereocenters. The van der Waals surface area contributed by atoms with Crippen molar-refractivity contribution in [2.24, 2.45) is 0 Å². The van der Waals surface area contributed by atoms with Gasteiger partial charge in [0.15, 0.2) is 0 Å². The van der Waals surface area contributed by atoms with Gasteiger partial charge in [-0.2, -0.15) is 11.3 Å². The van der Waals surface area contributed by atoms with E-state index >= 15 is 0 Å². The fraction of sp³-hybridized carbons (Fsp3) is 0.353. The van der Waals surface area contributed by atoms with E-state index in [1.807, 2.05) is 32.2 Å². The molecule has 0 saturated heterocycles. The van der Waals surface area contributed by atoms with E-state index in [0.29, 0.717) is 24.9 Å². The SMILES string of the molecule is Cc1cc(C)c(NC(=O)CCCNC(=O)c2ccsc2)c(C)n1. The first-order chi connectivity index (χ1) is 11.0. The summed E-state index contributed by atoms with van der Waals surface area (Å²) in [6.07, 6.45) is 0.954. The van der Waals surface area contributed by atoms with Gasteiger partial charge in [-0.1, -0.05) is 0 Å². The van der Waals surface area contributed by atoms with Gasteiger partial charge in [0.2, 0.25) is 5.91 Å². The summed E-state index contributed by atoms with van der Waals surface area (Å²) >= 11 is 1.49. The Morgan fingerprint density at radius 1 is 1.26 bits per heavy atom. The highest BCUT2D eigenvalue weighted by molar-refractivity contribution is 7.08. The predicted molar refractivity (Wildman–Crippen MR) is 93.0 cm³/mol. The zero-order valence-electron chi connectivity index (χ0n) is 13.6. The molecule has 23 heavy (non-hydrogen) atoms. The van der Waals surface area contributed by atoms with Gasteiger partial charge in [-0.3, -0.25) is 14.6 Å². The maximum absolute atomic E-state index is 12.0. The minimum atomic E-state index is -0.0962. The number of aromatic nitrogens is 1. The molecule has 0 saturated carbocycles. The van der Waals surface area contributed by atoms with Gasteiger partial charge < -0.3 is 10.6 Å². The molecule has 0 aliphatic rings. The van der Waals surface area contributed by atoms with Crippen LogP contribution in [0.15, 0.2) is 22.9 Å². The molecule has 2 aromatic rings. The van der Waals surface area contributed by atoms with Gasteiger partial charge in [-0.25, -0.2) is 0 Å². The summed E-state index contributed by atoms with van der Waals surface area (Å²) in [7, 11) is 0. The number of carbonyl (C=O) groups excluding carboxylic acids is 2. The first-order valence-electron chi connectivity index (χ1n) is 7.52. The van der Waals surface area contributed by atoms with Crippen molar-refractivity contribution in [1.29, 1.82) is 0 Å². The van der Waals surface area contributed by atoms with Crippen LogP contribution in [0.25, 0.3) is 0 Å². The van der Waals surface area contributed by atoms with Crippen molar-refractivity contribution in [3.63, 3.8) is 0 Å². The smallest absolute Gasteiger partial charge is 0.252 e. The van der Waals surface area contributed by atoms with Crippen LogP contribution < -0.4 is 10.6 Å². The number of thiophene rings is 1. The lowest BCUT2D eigenvalue weighted by Crippen LogP contribution is -2.25. The number of pyridine rings is 1. The Labute approximate surface area is 140 Å². The Hall–Kier alpha value is -2.21. The lowest BCUT2D eigenvalue weighted by Gasteiger charge is -2.12. The molecule has 0 spiro atoms. The third-order valence-electron chi connectivity index (χ3n) is 3.44. The van der Waals surface area contributed by atoms with Crippen LogP contribution in [-0.2, 0) is 4.79 Å². The van der Waals surface area contributed by atoms with Gasteiger partial charge in [0, 0.05) is 29.6 Å². The topological polar surface area (TPSA) is 71.1 Å². The number of rotatable bonds is 6. The van der Waals surface area contributed by atoms with Gasteiger partial charge in [0.05, 0.1) is 11.4 Å². The minimum absolute atomic E-state index is 0.0633. The number of aryl methyl sites for hydroxylation is 3. The Balaban J connectivity index is 1.77. The lowest BCUT2D eigenvalue weighted by atomic mass is 10.1. The Morgan fingerprint density at radius 3 is 2.70 bits per heavy atom. The molecule has 5 nitrogen and oxygen atoms in total. The molecule has 0 fully saturated rings. The van der Waals surface area contributed by atoms with Crippen molar-refractivity contribution in [2.45, 2.75) is 33.6 Å². The number of anilines is 1. The first-order valence-corrected chi connectivity index (χ1v) is 8.46. The minimum Gasteiger partial charge on any atom is -0.352 e. The molecule has 2 aromatic heterocycles. The fourth-order valence-corrected chi connectivity index (χ4v) is 3.00. The van der Waals surface area contributed by atoms with E-state index in [2.05, 4.69) is 15.6 Å². The van der Waals surface area contributed by atoms with Gasteiger partial charge in [-0.15, -0.1) is 0 Å². The maximum Gasteiger partial charge on any atom is 0.252 e. The Bertz CT molecular complexity index is 673. The molecule has 2 heterocycles. The van der Waals surface area contributed by atoms with Crippen molar-refractivity contribution in [2.75, 3.05) is 11.9 Å². The summed E-state index contributed by atoms with van der Waals surface area (Å²) in [4.78, 5) is 28.1. The molecule has 122 valence electrons. The van der Waals surface area contributed by atoms with Crippen LogP contribution in [0.3, 0.4) is 0 Å². The van der Waals surface area contributed by atoms with Crippen molar-refractivity contribution in [3.8, 4) is 0 Å². The normalized spacial score (nSPS) is 10.4. The number of hydrogen-bond acceptors (Lipinski definition) is 4. The summed E-state index contributed by atoms with van der Waals surface area (Å²) in [5.74, 6) is -0.160. The van der Waals surface area contributed by atoms with E-state index in [0.717, 1.165) is 22.6 Å². The van der Waals surface area contributed by atoms with E-state index in [-0.39, 0.29) is 11.8 Å². The highest BCUT2D eigenvalue weighted by atomic mass is 32.1. The maximum atomic E-state index is 12.0. The third-order valence-corrected chi connectivity index (χ3v) is 4.12. The molecule has 0 radical (unpaired) electrons. The molecule has 2 amide bonds. The van der Waals surface area contributed by atoms with Crippen LogP contribution in [0.5, 0.6) is 0 Å². The van der Waals surface area contributed by atoms with E-state index in [1.165, 1.54) is 11.3 Å². The number of nitrogens with zero attached hydrogens (tertiary/aromatic N) is 1. The molecule has 6 heteroatoms. The fourth-order valence-electron chi connectivity index (χ4n) is 2.36. The number of nitrogens with one attached hydrogen (secondary N) is 2. The molecule has 0 unspecified atom stereocenters. The molecule has 0 bridgehead atoms. The average molecular weight is 331 g/mol. The van der Waals surface area contributed by atoms with Crippen molar-refractivity contribution in [3.05, 3.63) is 45.4 Å². The molecular weight excluding hydrogens is 310 g/mol. The quantitative estimate of drug-likeness (QED) is 0.798. The van der Waals surface area contributed by atoms with E-state index in [9.17, 15) is 9.59 Å². The van der Waals surface area contributed by atoms with E-state index in [1.54, 1.807) is 11.4 Å². The summed E-state index contributed by atoms with van der Waals surface area (Å²) in [6, 6.07) is 3.73. The Morgan fingerprint density at radius 2 is 2.04 bits per heavy atom. The van der Waals surface area contributed by atoms with Crippen LogP contribution in [0.4, 0.5) is 5.69 Å². The Kier molecular flexibility index (Phi) is 5.87. The summed E-state index contributed by atoms with van der Waals surface area (Å²) in [5, 5.41) is 9.39. The zero-order valence-corrected chi connectivity index (χ0v) is 14.4. The second-order valence-corrected chi connectivity index (χ2v) is 6.24. The zero-order chi connectivity index (χ0) is 16.8. The molecular formula is C17H21N3O2S. The number of amides is 2. The molecule has 0 aliphatic heterocycles. The average Bonchev–Trinajstić information content (AvgIpc) is 3.01. The van der Waals surface area contributed by atoms with Gasteiger partial charge in [0.1, 0.15) is 0 Å². The monoisotopic (exact) mass is 331 g/mol. The number of hydrogen-bond donors (Lipinski definition) is 2. The van der Waals surface area contributed by atoms with Gasteiger partial charge >= 0.3 is 0 Å². The second-order valence-electron chi connectivity index (χ2n) is 5.46. The van der Waals surface area contributed by atoms with Crippen LogP contribution in [0, 0.1) is 20.8 Å². The van der Waals surface area contributed by atoms with Crippen molar-refractivity contribution in [1.82, 2.24) is 10.3 Å².